The van der Waals surface area contributed by atoms with Crippen molar-refractivity contribution in [3.05, 3.63) is 52.2 Å². The summed E-state index contributed by atoms with van der Waals surface area (Å²) in [5.74, 6) is 0.148. The van der Waals surface area contributed by atoms with Crippen LogP contribution >= 0.6 is 0 Å². The molecule has 0 atom stereocenters. The van der Waals surface area contributed by atoms with Gasteiger partial charge in [-0.1, -0.05) is 6.07 Å². The Morgan fingerprint density at radius 2 is 2.21 bits per heavy atom. The third kappa shape index (κ3) is 2.76. The average Bonchev–Trinajstić information content (AvgIpc) is 2.39. The van der Waals surface area contributed by atoms with Crippen LogP contribution in [0, 0.1) is 21.4 Å². The number of aromatic nitrogens is 1. The third-order valence-electron chi connectivity index (χ3n) is 2.23. The van der Waals surface area contributed by atoms with Crippen LogP contribution in [0.1, 0.15) is 5.56 Å². The van der Waals surface area contributed by atoms with Crippen molar-refractivity contribution in [2.24, 2.45) is 0 Å². The number of rotatable bonds is 3. The minimum absolute atomic E-state index is 0.0895. The monoisotopic (exact) mass is 256 g/mol. The molecule has 7 nitrogen and oxygen atoms in total. The first kappa shape index (κ1) is 12.3. The van der Waals surface area contributed by atoms with Gasteiger partial charge in [0.15, 0.2) is 0 Å². The lowest BCUT2D eigenvalue weighted by Gasteiger charge is -2.05. The fourth-order valence-electron chi connectivity index (χ4n) is 1.40. The van der Waals surface area contributed by atoms with Crippen molar-refractivity contribution in [3.63, 3.8) is 0 Å². The van der Waals surface area contributed by atoms with E-state index >= 15 is 0 Å². The van der Waals surface area contributed by atoms with Gasteiger partial charge in [-0.15, -0.1) is 0 Å². The van der Waals surface area contributed by atoms with Crippen molar-refractivity contribution >= 4 is 11.4 Å². The maximum atomic E-state index is 10.9. The number of anilines is 1. The smallest absolute Gasteiger partial charge is 0.332 e. The van der Waals surface area contributed by atoms with Gasteiger partial charge in [-0.2, -0.15) is 5.26 Å². The highest BCUT2D eigenvalue weighted by atomic mass is 16.6. The van der Waals surface area contributed by atoms with Gasteiger partial charge in [-0.3, -0.25) is 10.1 Å². The first-order chi connectivity index (χ1) is 9.10. The number of nitro groups is 1. The highest BCUT2D eigenvalue weighted by molar-refractivity contribution is 5.50. The predicted octanol–water partition coefficient (Wildman–Crippen LogP) is 2.24. The van der Waals surface area contributed by atoms with E-state index in [9.17, 15) is 10.1 Å². The Balaban J connectivity index is 2.40. The zero-order chi connectivity index (χ0) is 13.8. The number of pyridine rings is 1. The van der Waals surface area contributed by atoms with Crippen molar-refractivity contribution in [2.75, 3.05) is 5.73 Å². The molecule has 1 aromatic heterocycles. The van der Waals surface area contributed by atoms with E-state index in [1.165, 1.54) is 12.3 Å². The summed E-state index contributed by atoms with van der Waals surface area (Å²) in [7, 11) is 0. The first-order valence-corrected chi connectivity index (χ1v) is 5.18. The van der Waals surface area contributed by atoms with Gasteiger partial charge in [-0.25, -0.2) is 4.98 Å². The van der Waals surface area contributed by atoms with Gasteiger partial charge < -0.3 is 10.5 Å². The van der Waals surface area contributed by atoms with E-state index in [2.05, 4.69) is 4.98 Å². The number of nitrogens with two attached hydrogens (primary N) is 1. The molecule has 0 aliphatic rings. The van der Waals surface area contributed by atoms with E-state index < -0.39 is 4.92 Å². The first-order valence-electron chi connectivity index (χ1n) is 5.18. The van der Waals surface area contributed by atoms with Crippen molar-refractivity contribution in [3.8, 4) is 17.7 Å². The molecule has 0 unspecified atom stereocenters. The standard InChI is InChI=1S/C12H8N4O3/c13-6-8-4-11(16(17)18)12(15-7-8)19-10-3-1-2-9(14)5-10/h1-5,7H,14H2. The lowest BCUT2D eigenvalue weighted by Crippen LogP contribution is -1.97. The van der Waals surface area contributed by atoms with Crippen LogP contribution in [0.2, 0.25) is 0 Å². The summed E-state index contributed by atoms with van der Waals surface area (Å²) < 4.78 is 5.31. The second-order valence-electron chi connectivity index (χ2n) is 3.59. The van der Waals surface area contributed by atoms with Crippen LogP contribution in [0.4, 0.5) is 11.4 Å². The van der Waals surface area contributed by atoms with Gasteiger partial charge in [0.25, 0.3) is 5.88 Å². The normalized spacial score (nSPS) is 9.63. The van der Waals surface area contributed by atoms with Gasteiger partial charge in [0.1, 0.15) is 11.8 Å². The van der Waals surface area contributed by atoms with Gasteiger partial charge in [0, 0.05) is 24.0 Å². The van der Waals surface area contributed by atoms with Crippen molar-refractivity contribution in [2.45, 2.75) is 0 Å². The number of benzene rings is 1. The van der Waals surface area contributed by atoms with E-state index in [0.717, 1.165) is 6.07 Å². The van der Waals surface area contributed by atoms with E-state index in [4.69, 9.17) is 15.7 Å². The molecule has 0 spiro atoms. The molecule has 0 aliphatic heterocycles. The van der Waals surface area contributed by atoms with E-state index in [0.29, 0.717) is 11.4 Å². The quantitative estimate of drug-likeness (QED) is 0.511. The Kier molecular flexibility index (Phi) is 3.25. The second kappa shape index (κ2) is 5.01. The van der Waals surface area contributed by atoms with Crippen LogP contribution < -0.4 is 10.5 Å². The summed E-state index contributed by atoms with van der Waals surface area (Å²) >= 11 is 0. The number of hydrogen-bond acceptors (Lipinski definition) is 6. The molecule has 0 amide bonds. The van der Waals surface area contributed by atoms with Gasteiger partial charge in [0.2, 0.25) is 0 Å². The zero-order valence-corrected chi connectivity index (χ0v) is 9.61. The Morgan fingerprint density at radius 1 is 1.42 bits per heavy atom. The molecular weight excluding hydrogens is 248 g/mol. The summed E-state index contributed by atoms with van der Waals surface area (Å²) in [4.78, 5) is 14.0. The van der Waals surface area contributed by atoms with E-state index in [1.807, 2.05) is 0 Å². The molecule has 0 saturated carbocycles. The topological polar surface area (TPSA) is 115 Å². The lowest BCUT2D eigenvalue weighted by molar-refractivity contribution is -0.386. The minimum Gasteiger partial charge on any atom is -0.434 e. The number of hydrogen-bond donors (Lipinski definition) is 1. The highest BCUT2D eigenvalue weighted by Crippen LogP contribution is 2.30. The summed E-state index contributed by atoms with van der Waals surface area (Å²) in [5, 5.41) is 19.6. The van der Waals surface area contributed by atoms with Crippen molar-refractivity contribution < 1.29 is 9.66 Å². The Labute approximate surface area is 108 Å². The molecule has 0 saturated heterocycles. The van der Waals surface area contributed by atoms with Gasteiger partial charge in [-0.05, 0) is 12.1 Å². The molecule has 2 aromatic rings. The molecule has 2 rings (SSSR count). The fraction of sp³-hybridized carbons (Fsp3) is 0. The molecule has 7 heteroatoms. The predicted molar refractivity (Wildman–Crippen MR) is 66.5 cm³/mol. The van der Waals surface area contributed by atoms with Crippen LogP contribution in [0.3, 0.4) is 0 Å². The molecule has 19 heavy (non-hydrogen) atoms. The van der Waals surface area contributed by atoms with Crippen LogP contribution in [0.5, 0.6) is 11.6 Å². The average molecular weight is 256 g/mol. The van der Waals surface area contributed by atoms with E-state index in [1.54, 1.807) is 24.3 Å². The van der Waals surface area contributed by atoms with Crippen LogP contribution in [0.15, 0.2) is 36.5 Å². The number of nitrogens with zero attached hydrogens (tertiary/aromatic N) is 3. The fourth-order valence-corrected chi connectivity index (χ4v) is 1.40. The summed E-state index contributed by atoms with van der Waals surface area (Å²) in [6.07, 6.45) is 1.20. The van der Waals surface area contributed by atoms with E-state index in [-0.39, 0.29) is 17.1 Å². The summed E-state index contributed by atoms with van der Waals surface area (Å²) in [6.45, 7) is 0. The third-order valence-corrected chi connectivity index (χ3v) is 2.23. The molecule has 1 aromatic carbocycles. The molecule has 2 N–H and O–H groups in total. The molecule has 94 valence electrons. The molecule has 0 radical (unpaired) electrons. The summed E-state index contributed by atoms with van der Waals surface area (Å²) in [6, 6.07) is 9.31. The Morgan fingerprint density at radius 3 is 2.84 bits per heavy atom. The maximum Gasteiger partial charge on any atom is 0.332 e. The molecule has 0 fully saturated rings. The molecule has 0 aliphatic carbocycles. The van der Waals surface area contributed by atoms with Gasteiger partial charge >= 0.3 is 5.69 Å². The van der Waals surface area contributed by atoms with Crippen LogP contribution in [-0.4, -0.2) is 9.91 Å². The number of ether oxygens (including phenoxy) is 1. The Hall–Kier alpha value is -3.14. The minimum atomic E-state index is -0.657. The molecule has 0 bridgehead atoms. The van der Waals surface area contributed by atoms with Crippen molar-refractivity contribution in [1.29, 1.82) is 5.26 Å². The lowest BCUT2D eigenvalue weighted by atomic mass is 10.3. The zero-order valence-electron chi connectivity index (χ0n) is 9.61. The van der Waals surface area contributed by atoms with Crippen molar-refractivity contribution in [1.82, 2.24) is 4.98 Å². The number of nitriles is 1. The largest absolute Gasteiger partial charge is 0.434 e. The van der Waals surface area contributed by atoms with Crippen LogP contribution in [0.25, 0.3) is 0 Å². The van der Waals surface area contributed by atoms with Gasteiger partial charge in [0.05, 0.1) is 10.5 Å². The summed E-state index contributed by atoms with van der Waals surface area (Å²) in [5.41, 5.74) is 5.76. The molecular formula is C12H8N4O3. The second-order valence-corrected chi connectivity index (χ2v) is 3.59. The highest BCUT2D eigenvalue weighted by Gasteiger charge is 2.18. The molecule has 1 heterocycles. The SMILES string of the molecule is N#Cc1cnc(Oc2cccc(N)c2)c([N+](=O)[O-])c1. The Bertz CT molecular complexity index is 679. The number of nitrogen functional groups attached to an aromatic ring is 1. The van der Waals surface area contributed by atoms with Crippen LogP contribution in [-0.2, 0) is 0 Å². The maximum absolute atomic E-state index is 10.9.